The highest BCUT2D eigenvalue weighted by molar-refractivity contribution is 9.11. The minimum absolute atomic E-state index is 0.0152. The lowest BCUT2D eigenvalue weighted by Crippen LogP contribution is -2.06. The molecule has 19 heavy (non-hydrogen) atoms. The number of methoxy groups -OCH3 is 1. The van der Waals surface area contributed by atoms with Crippen molar-refractivity contribution >= 4 is 60.2 Å². The predicted octanol–water partition coefficient (Wildman–Crippen LogP) is 4.04. The van der Waals surface area contributed by atoms with Gasteiger partial charge >= 0.3 is 5.97 Å². The maximum atomic E-state index is 14.1. The largest absolute Gasteiger partial charge is 0.505 e. The number of hydrogen-bond acceptors (Lipinski definition) is 4. The van der Waals surface area contributed by atoms with Gasteiger partial charge in [-0.25, -0.2) is 14.2 Å². The molecule has 0 unspecified atom stereocenters. The second-order valence-electron chi connectivity index (χ2n) is 3.50. The Kier molecular flexibility index (Phi) is 3.98. The zero-order chi connectivity index (χ0) is 14.3. The van der Waals surface area contributed by atoms with E-state index in [2.05, 4.69) is 41.6 Å². The van der Waals surface area contributed by atoms with Crippen LogP contribution < -0.4 is 0 Å². The van der Waals surface area contributed by atoms with Crippen molar-refractivity contribution in [1.29, 1.82) is 0 Å². The maximum Gasteiger partial charge on any atom is 0.360 e. The standard InChI is InChI=1S/C11H5Br2ClFNO3/c1-19-11(18)8-9(17)3-2-4(14)6(12)7(15)5(3)10(13)16-8/h2,17H,1H3. The van der Waals surface area contributed by atoms with Crippen LogP contribution in [0.5, 0.6) is 5.75 Å². The number of halogens is 4. The van der Waals surface area contributed by atoms with Crippen molar-refractivity contribution in [3.8, 4) is 5.75 Å². The summed E-state index contributed by atoms with van der Waals surface area (Å²) in [5.74, 6) is -2.01. The van der Waals surface area contributed by atoms with Crippen LogP contribution in [0.25, 0.3) is 10.8 Å². The first-order valence-electron chi connectivity index (χ1n) is 4.82. The lowest BCUT2D eigenvalue weighted by atomic mass is 10.1. The molecule has 0 amide bonds. The van der Waals surface area contributed by atoms with Crippen molar-refractivity contribution in [2.75, 3.05) is 7.11 Å². The minimum atomic E-state index is -0.834. The van der Waals surface area contributed by atoms with Crippen LogP contribution in [-0.4, -0.2) is 23.2 Å². The highest BCUT2D eigenvalue weighted by atomic mass is 79.9. The summed E-state index contributed by atoms with van der Waals surface area (Å²) >= 11 is 11.9. The number of aromatic nitrogens is 1. The molecule has 4 nitrogen and oxygen atoms in total. The molecular formula is C11H5Br2ClFNO3. The number of fused-ring (bicyclic) bond motifs is 1. The lowest BCUT2D eigenvalue weighted by molar-refractivity contribution is 0.0590. The van der Waals surface area contributed by atoms with Gasteiger partial charge in [0.25, 0.3) is 0 Å². The van der Waals surface area contributed by atoms with E-state index in [4.69, 9.17) is 11.6 Å². The summed E-state index contributed by atoms with van der Waals surface area (Å²) in [6, 6.07) is 1.33. The molecule has 2 rings (SSSR count). The first kappa shape index (κ1) is 14.5. The SMILES string of the molecule is COC(=O)c1nc(Br)c2c(F)c(Br)c(Cl)cc2c1O. The fourth-order valence-electron chi connectivity index (χ4n) is 1.56. The number of pyridine rings is 1. The van der Waals surface area contributed by atoms with Gasteiger partial charge in [-0.2, -0.15) is 0 Å². The van der Waals surface area contributed by atoms with Gasteiger partial charge in [-0.05, 0) is 37.9 Å². The van der Waals surface area contributed by atoms with E-state index in [1.807, 2.05) is 0 Å². The number of carbonyl (C=O) groups excluding carboxylic acids is 1. The summed E-state index contributed by atoms with van der Waals surface area (Å²) in [5.41, 5.74) is -0.320. The van der Waals surface area contributed by atoms with Crippen LogP contribution in [0.2, 0.25) is 5.02 Å². The number of hydrogen-bond donors (Lipinski definition) is 1. The molecule has 0 fully saturated rings. The molecule has 8 heteroatoms. The Morgan fingerprint density at radius 2 is 2.16 bits per heavy atom. The Bertz CT molecular complexity index is 708. The summed E-state index contributed by atoms with van der Waals surface area (Å²) in [4.78, 5) is 15.3. The number of ether oxygens (including phenoxy) is 1. The molecule has 0 aliphatic carbocycles. The molecule has 1 aromatic heterocycles. The van der Waals surface area contributed by atoms with Crippen LogP contribution in [0.15, 0.2) is 15.1 Å². The smallest absolute Gasteiger partial charge is 0.360 e. The first-order chi connectivity index (χ1) is 8.88. The summed E-state index contributed by atoms with van der Waals surface area (Å²) in [5, 5.41) is 10.1. The highest BCUT2D eigenvalue weighted by Gasteiger charge is 2.23. The molecule has 0 aliphatic heterocycles. The van der Waals surface area contributed by atoms with E-state index in [1.54, 1.807) is 0 Å². The topological polar surface area (TPSA) is 59.4 Å². The number of carbonyl (C=O) groups is 1. The van der Waals surface area contributed by atoms with Crippen LogP contribution >= 0.6 is 43.5 Å². The summed E-state index contributed by atoms with van der Waals surface area (Å²) in [7, 11) is 1.15. The monoisotopic (exact) mass is 411 g/mol. The zero-order valence-electron chi connectivity index (χ0n) is 9.30. The second kappa shape index (κ2) is 5.22. The molecule has 0 saturated carbocycles. The van der Waals surface area contributed by atoms with Gasteiger partial charge in [0.1, 0.15) is 10.4 Å². The average Bonchev–Trinajstić information content (AvgIpc) is 2.38. The van der Waals surface area contributed by atoms with E-state index in [1.165, 1.54) is 6.07 Å². The van der Waals surface area contributed by atoms with Gasteiger partial charge < -0.3 is 9.84 Å². The fraction of sp³-hybridized carbons (Fsp3) is 0.0909. The fourth-order valence-corrected chi connectivity index (χ4v) is 2.63. The van der Waals surface area contributed by atoms with Crippen molar-refractivity contribution in [2.45, 2.75) is 0 Å². The van der Waals surface area contributed by atoms with Crippen LogP contribution in [0.3, 0.4) is 0 Å². The summed E-state index contributed by atoms with van der Waals surface area (Å²) in [6.07, 6.45) is 0. The average molecular weight is 413 g/mol. The second-order valence-corrected chi connectivity index (χ2v) is 5.45. The predicted molar refractivity (Wildman–Crippen MR) is 75.1 cm³/mol. The molecule has 0 aliphatic rings. The maximum absolute atomic E-state index is 14.1. The molecule has 0 saturated heterocycles. The number of benzene rings is 1. The minimum Gasteiger partial charge on any atom is -0.505 e. The summed E-state index contributed by atoms with van der Waals surface area (Å²) in [6.45, 7) is 0. The van der Waals surface area contributed by atoms with Crippen LogP contribution in [0, 0.1) is 5.82 Å². The molecule has 1 aromatic carbocycles. The first-order valence-corrected chi connectivity index (χ1v) is 6.78. The van der Waals surface area contributed by atoms with E-state index >= 15 is 0 Å². The quantitative estimate of drug-likeness (QED) is 0.436. The molecule has 0 atom stereocenters. The van der Waals surface area contributed by atoms with Gasteiger partial charge in [0.05, 0.1) is 22.0 Å². The van der Waals surface area contributed by atoms with Gasteiger partial charge in [0.2, 0.25) is 0 Å². The van der Waals surface area contributed by atoms with Crippen molar-refractivity contribution in [3.05, 3.63) is 31.7 Å². The van der Waals surface area contributed by atoms with Gasteiger partial charge in [0, 0.05) is 5.39 Å². The van der Waals surface area contributed by atoms with E-state index in [-0.39, 0.29) is 30.6 Å². The molecular weight excluding hydrogens is 408 g/mol. The number of esters is 1. The van der Waals surface area contributed by atoms with Gasteiger partial charge in [-0.15, -0.1) is 0 Å². The van der Waals surface area contributed by atoms with Gasteiger partial charge in [-0.3, -0.25) is 0 Å². The zero-order valence-corrected chi connectivity index (χ0v) is 13.2. The Balaban J connectivity index is 2.94. The van der Waals surface area contributed by atoms with Crippen molar-refractivity contribution in [3.63, 3.8) is 0 Å². The Hall–Kier alpha value is -0.920. The molecule has 100 valence electrons. The Morgan fingerprint density at radius 1 is 1.53 bits per heavy atom. The van der Waals surface area contributed by atoms with E-state index in [0.29, 0.717) is 0 Å². The normalized spacial score (nSPS) is 10.8. The van der Waals surface area contributed by atoms with E-state index in [9.17, 15) is 14.3 Å². The number of aromatic hydroxyl groups is 1. The third-order valence-corrected chi connectivity index (χ3v) is 4.31. The van der Waals surface area contributed by atoms with Crippen LogP contribution in [0.4, 0.5) is 4.39 Å². The lowest BCUT2D eigenvalue weighted by Gasteiger charge is -2.10. The van der Waals surface area contributed by atoms with Crippen molar-refractivity contribution in [2.24, 2.45) is 0 Å². The van der Waals surface area contributed by atoms with Crippen molar-refractivity contribution < 1.29 is 19.0 Å². The molecule has 0 spiro atoms. The van der Waals surface area contributed by atoms with Crippen LogP contribution in [-0.2, 0) is 4.74 Å². The van der Waals surface area contributed by atoms with Crippen LogP contribution in [0.1, 0.15) is 10.5 Å². The number of nitrogens with zero attached hydrogens (tertiary/aromatic N) is 1. The Labute approximate surface area is 128 Å². The Morgan fingerprint density at radius 3 is 2.74 bits per heavy atom. The van der Waals surface area contributed by atoms with E-state index in [0.717, 1.165) is 7.11 Å². The molecule has 0 radical (unpaired) electrons. The van der Waals surface area contributed by atoms with Gasteiger partial charge in [-0.1, -0.05) is 11.6 Å². The van der Waals surface area contributed by atoms with Crippen molar-refractivity contribution in [1.82, 2.24) is 4.98 Å². The summed E-state index contributed by atoms with van der Waals surface area (Å²) < 4.78 is 18.7. The molecule has 1 N–H and O–H groups in total. The molecule has 2 aromatic rings. The third-order valence-electron chi connectivity index (χ3n) is 2.44. The molecule has 0 bridgehead atoms. The van der Waals surface area contributed by atoms with E-state index < -0.39 is 17.5 Å². The highest BCUT2D eigenvalue weighted by Crippen LogP contribution is 2.40. The third kappa shape index (κ3) is 2.30. The van der Waals surface area contributed by atoms with Gasteiger partial charge in [0.15, 0.2) is 11.4 Å². The molecule has 1 heterocycles. The number of rotatable bonds is 1.